The van der Waals surface area contributed by atoms with E-state index < -0.39 is 0 Å². The molecule has 2 rings (SSSR count). The molecule has 114 valence electrons. The van der Waals surface area contributed by atoms with Gasteiger partial charge >= 0.3 is 0 Å². The first-order valence-electron chi connectivity index (χ1n) is 6.69. The van der Waals surface area contributed by atoms with Gasteiger partial charge in [0.2, 0.25) is 5.75 Å². The third-order valence-electron chi connectivity index (χ3n) is 3.04. The molecule has 0 fully saturated rings. The standard InChI is InChI=1S/C15H20N2O3S/c1-5-14-17-9-11(21-14)8-16-10-6-12(18-2)15(20-4)13(7-10)19-3/h6-7,9,16H,5,8H2,1-4H3. The molecule has 0 atom stereocenters. The van der Waals surface area contributed by atoms with Gasteiger partial charge in [0.1, 0.15) is 0 Å². The molecule has 21 heavy (non-hydrogen) atoms. The molecule has 1 aromatic carbocycles. The highest BCUT2D eigenvalue weighted by molar-refractivity contribution is 7.11. The van der Waals surface area contributed by atoms with Gasteiger partial charge in [-0.15, -0.1) is 11.3 Å². The van der Waals surface area contributed by atoms with Crippen molar-refractivity contribution < 1.29 is 14.2 Å². The summed E-state index contributed by atoms with van der Waals surface area (Å²) in [4.78, 5) is 5.55. The second kappa shape index (κ2) is 7.17. The average Bonchev–Trinajstić information content (AvgIpc) is 2.99. The molecule has 6 heteroatoms. The number of anilines is 1. The molecule has 0 aliphatic heterocycles. The lowest BCUT2D eigenvalue weighted by Gasteiger charge is -2.14. The fourth-order valence-corrected chi connectivity index (χ4v) is 2.77. The van der Waals surface area contributed by atoms with Crippen LogP contribution in [0.2, 0.25) is 0 Å². The summed E-state index contributed by atoms with van der Waals surface area (Å²) < 4.78 is 16.0. The van der Waals surface area contributed by atoms with Gasteiger partial charge in [0.05, 0.1) is 32.9 Å². The number of aryl methyl sites for hydroxylation is 1. The highest BCUT2D eigenvalue weighted by atomic mass is 32.1. The van der Waals surface area contributed by atoms with Crippen LogP contribution in [-0.4, -0.2) is 26.3 Å². The number of aromatic nitrogens is 1. The summed E-state index contributed by atoms with van der Waals surface area (Å²) in [5.41, 5.74) is 0.913. The van der Waals surface area contributed by atoms with E-state index in [1.807, 2.05) is 18.3 Å². The Morgan fingerprint density at radius 3 is 2.24 bits per heavy atom. The number of hydrogen-bond donors (Lipinski definition) is 1. The van der Waals surface area contributed by atoms with Gasteiger partial charge in [0.15, 0.2) is 11.5 Å². The van der Waals surface area contributed by atoms with E-state index in [9.17, 15) is 0 Å². The van der Waals surface area contributed by atoms with E-state index in [4.69, 9.17) is 14.2 Å². The van der Waals surface area contributed by atoms with E-state index in [0.29, 0.717) is 17.2 Å². The van der Waals surface area contributed by atoms with Crippen LogP contribution in [0.25, 0.3) is 0 Å². The molecular formula is C15H20N2O3S. The van der Waals surface area contributed by atoms with Crippen LogP contribution in [0.3, 0.4) is 0 Å². The van der Waals surface area contributed by atoms with Gasteiger partial charge < -0.3 is 19.5 Å². The zero-order valence-electron chi connectivity index (χ0n) is 12.7. The summed E-state index contributed by atoms with van der Waals surface area (Å²) in [7, 11) is 4.81. The lowest BCUT2D eigenvalue weighted by Crippen LogP contribution is -2.00. The largest absolute Gasteiger partial charge is 0.493 e. The Balaban J connectivity index is 2.15. The third kappa shape index (κ3) is 3.58. The van der Waals surface area contributed by atoms with Crippen molar-refractivity contribution in [1.29, 1.82) is 0 Å². The molecule has 1 heterocycles. The van der Waals surface area contributed by atoms with Gasteiger partial charge in [-0.25, -0.2) is 4.98 Å². The fraction of sp³-hybridized carbons (Fsp3) is 0.400. The van der Waals surface area contributed by atoms with Crippen LogP contribution in [0.5, 0.6) is 17.2 Å². The Bertz CT molecular complexity index is 573. The number of benzene rings is 1. The summed E-state index contributed by atoms with van der Waals surface area (Å²) in [6.07, 6.45) is 2.88. The van der Waals surface area contributed by atoms with Crippen LogP contribution in [0.1, 0.15) is 16.8 Å². The van der Waals surface area contributed by atoms with E-state index in [2.05, 4.69) is 17.2 Å². The molecule has 0 spiro atoms. The van der Waals surface area contributed by atoms with Crippen molar-refractivity contribution in [3.63, 3.8) is 0 Å². The SMILES string of the molecule is CCc1ncc(CNc2cc(OC)c(OC)c(OC)c2)s1. The van der Waals surface area contributed by atoms with Crippen LogP contribution in [0.15, 0.2) is 18.3 Å². The van der Waals surface area contributed by atoms with Crippen LogP contribution in [-0.2, 0) is 13.0 Å². The molecule has 5 nitrogen and oxygen atoms in total. The molecule has 0 bridgehead atoms. The monoisotopic (exact) mass is 308 g/mol. The predicted octanol–water partition coefficient (Wildman–Crippen LogP) is 3.34. The van der Waals surface area contributed by atoms with E-state index in [1.165, 1.54) is 4.88 Å². The predicted molar refractivity (Wildman–Crippen MR) is 84.9 cm³/mol. The molecule has 0 amide bonds. The lowest BCUT2D eigenvalue weighted by molar-refractivity contribution is 0.324. The molecule has 2 aromatic rings. The molecule has 0 unspecified atom stereocenters. The maximum atomic E-state index is 5.34. The molecule has 0 radical (unpaired) electrons. The Labute approximate surface area is 128 Å². The number of ether oxygens (including phenoxy) is 3. The maximum Gasteiger partial charge on any atom is 0.203 e. The minimum atomic E-state index is 0.594. The van der Waals surface area contributed by atoms with Crippen LogP contribution in [0, 0.1) is 0 Å². The molecule has 0 aliphatic carbocycles. The third-order valence-corrected chi connectivity index (χ3v) is 4.18. The zero-order chi connectivity index (χ0) is 15.2. The lowest BCUT2D eigenvalue weighted by atomic mass is 10.2. The highest BCUT2D eigenvalue weighted by Crippen LogP contribution is 2.40. The Hall–Kier alpha value is -1.95. The van der Waals surface area contributed by atoms with Crippen molar-refractivity contribution in [2.75, 3.05) is 26.6 Å². The Morgan fingerprint density at radius 1 is 1.10 bits per heavy atom. The normalized spacial score (nSPS) is 10.3. The van der Waals surface area contributed by atoms with Crippen LogP contribution >= 0.6 is 11.3 Å². The van der Waals surface area contributed by atoms with E-state index in [-0.39, 0.29) is 0 Å². The number of rotatable bonds is 7. The van der Waals surface area contributed by atoms with E-state index in [0.717, 1.165) is 23.7 Å². The topological polar surface area (TPSA) is 52.6 Å². The minimum absolute atomic E-state index is 0.594. The van der Waals surface area contributed by atoms with Crippen molar-refractivity contribution in [2.24, 2.45) is 0 Å². The second-order valence-corrected chi connectivity index (χ2v) is 5.54. The number of methoxy groups -OCH3 is 3. The Kier molecular flexibility index (Phi) is 5.27. The van der Waals surface area contributed by atoms with Crippen molar-refractivity contribution >= 4 is 17.0 Å². The minimum Gasteiger partial charge on any atom is -0.493 e. The molecule has 0 saturated carbocycles. The van der Waals surface area contributed by atoms with Crippen LogP contribution in [0.4, 0.5) is 5.69 Å². The number of hydrogen-bond acceptors (Lipinski definition) is 6. The van der Waals surface area contributed by atoms with Crippen LogP contribution < -0.4 is 19.5 Å². The van der Waals surface area contributed by atoms with Crippen molar-refractivity contribution in [2.45, 2.75) is 19.9 Å². The number of nitrogens with zero attached hydrogens (tertiary/aromatic N) is 1. The molecule has 0 aliphatic rings. The first kappa shape index (κ1) is 15.4. The summed E-state index contributed by atoms with van der Waals surface area (Å²) in [5, 5.41) is 4.50. The number of nitrogens with one attached hydrogen (secondary N) is 1. The summed E-state index contributed by atoms with van der Waals surface area (Å²) in [6, 6.07) is 3.78. The first-order chi connectivity index (χ1) is 10.2. The quantitative estimate of drug-likeness (QED) is 0.850. The first-order valence-corrected chi connectivity index (χ1v) is 7.50. The summed E-state index contributed by atoms with van der Waals surface area (Å²) >= 11 is 1.72. The summed E-state index contributed by atoms with van der Waals surface area (Å²) in [6.45, 7) is 2.82. The van der Waals surface area contributed by atoms with Gasteiger partial charge in [0, 0.05) is 28.9 Å². The van der Waals surface area contributed by atoms with Crippen molar-refractivity contribution in [3.05, 3.63) is 28.2 Å². The molecule has 0 saturated heterocycles. The van der Waals surface area contributed by atoms with Gasteiger partial charge in [-0.3, -0.25) is 0 Å². The van der Waals surface area contributed by atoms with Gasteiger partial charge in [-0.05, 0) is 6.42 Å². The molecule has 1 N–H and O–H groups in total. The van der Waals surface area contributed by atoms with Crippen molar-refractivity contribution in [1.82, 2.24) is 4.98 Å². The Morgan fingerprint density at radius 2 is 1.76 bits per heavy atom. The fourth-order valence-electron chi connectivity index (χ4n) is 1.97. The van der Waals surface area contributed by atoms with Gasteiger partial charge in [0.25, 0.3) is 0 Å². The summed E-state index contributed by atoms with van der Waals surface area (Å²) in [5.74, 6) is 1.87. The molecular weight excluding hydrogens is 288 g/mol. The average molecular weight is 308 g/mol. The van der Waals surface area contributed by atoms with Crippen molar-refractivity contribution in [3.8, 4) is 17.2 Å². The maximum absolute atomic E-state index is 5.34. The van der Waals surface area contributed by atoms with Gasteiger partial charge in [-0.1, -0.05) is 6.92 Å². The van der Waals surface area contributed by atoms with E-state index >= 15 is 0 Å². The zero-order valence-corrected chi connectivity index (χ0v) is 13.5. The second-order valence-electron chi connectivity index (χ2n) is 4.34. The smallest absolute Gasteiger partial charge is 0.203 e. The highest BCUT2D eigenvalue weighted by Gasteiger charge is 2.13. The number of thiazole rings is 1. The van der Waals surface area contributed by atoms with E-state index in [1.54, 1.807) is 32.7 Å². The molecule has 1 aromatic heterocycles. The van der Waals surface area contributed by atoms with Gasteiger partial charge in [-0.2, -0.15) is 0 Å².